The van der Waals surface area contributed by atoms with Crippen LogP contribution in [0.1, 0.15) is 29.1 Å². The number of amides is 3. The van der Waals surface area contributed by atoms with Crippen LogP contribution in [0.3, 0.4) is 0 Å². The topological polar surface area (TPSA) is 95.9 Å². The minimum Gasteiger partial charge on any atom is -0.491 e. The van der Waals surface area contributed by atoms with E-state index in [1.165, 1.54) is 18.3 Å². The van der Waals surface area contributed by atoms with Gasteiger partial charge in [-0.05, 0) is 49.6 Å². The third-order valence-electron chi connectivity index (χ3n) is 4.39. The number of aliphatic hydroxyl groups excluding tert-OH is 1. The van der Waals surface area contributed by atoms with Crippen LogP contribution in [0.2, 0.25) is 0 Å². The molecule has 2 N–H and O–H groups in total. The van der Waals surface area contributed by atoms with Crippen LogP contribution in [0.5, 0.6) is 5.75 Å². The second-order valence-electron chi connectivity index (χ2n) is 6.49. The van der Waals surface area contributed by atoms with Gasteiger partial charge in [0.2, 0.25) is 0 Å². The molecule has 0 radical (unpaired) electrons. The van der Waals surface area contributed by atoms with Crippen molar-refractivity contribution in [1.82, 2.24) is 10.2 Å². The lowest BCUT2D eigenvalue weighted by atomic mass is 10.0. The van der Waals surface area contributed by atoms with Gasteiger partial charge in [0.15, 0.2) is 11.3 Å². The van der Waals surface area contributed by atoms with E-state index in [9.17, 15) is 19.5 Å². The maximum atomic E-state index is 12.7. The first-order valence-corrected chi connectivity index (χ1v) is 9.29. The average Bonchev–Trinajstić information content (AvgIpc) is 3.25. The van der Waals surface area contributed by atoms with Crippen molar-refractivity contribution in [2.75, 3.05) is 13.2 Å². The van der Waals surface area contributed by atoms with Gasteiger partial charge in [0.1, 0.15) is 18.5 Å². The minimum absolute atomic E-state index is 0.0473. The number of imide groups is 1. The molecule has 1 aromatic carbocycles. The van der Waals surface area contributed by atoms with Crippen LogP contribution >= 0.6 is 11.3 Å². The van der Waals surface area contributed by atoms with E-state index in [2.05, 4.69) is 5.32 Å². The zero-order valence-electron chi connectivity index (χ0n) is 15.0. The molecule has 0 saturated carbocycles. The van der Waals surface area contributed by atoms with E-state index >= 15 is 0 Å². The largest absolute Gasteiger partial charge is 0.491 e. The fraction of sp³-hybridized carbons (Fsp3) is 0.316. The lowest BCUT2D eigenvalue weighted by Crippen LogP contribution is -2.42. The summed E-state index contributed by atoms with van der Waals surface area (Å²) in [6.45, 7) is 2.86. The van der Waals surface area contributed by atoms with Crippen molar-refractivity contribution in [3.63, 3.8) is 0 Å². The van der Waals surface area contributed by atoms with Crippen molar-refractivity contribution >= 4 is 29.1 Å². The number of urea groups is 1. The van der Waals surface area contributed by atoms with Gasteiger partial charge in [-0.1, -0.05) is 6.07 Å². The Balaban J connectivity index is 1.59. The molecule has 1 saturated heterocycles. The van der Waals surface area contributed by atoms with E-state index in [1.54, 1.807) is 37.3 Å². The summed E-state index contributed by atoms with van der Waals surface area (Å²) in [5.41, 5.74) is -0.552. The number of nitrogens with one attached hydrogen (secondary N) is 1. The summed E-state index contributed by atoms with van der Waals surface area (Å²) >= 11 is 1.38. The number of hydrogen-bond donors (Lipinski definition) is 2. The first kappa shape index (κ1) is 19.1. The molecule has 0 aliphatic carbocycles. The summed E-state index contributed by atoms with van der Waals surface area (Å²) in [7, 11) is 0. The molecule has 142 valence electrons. The molecule has 0 bridgehead atoms. The minimum atomic E-state index is -1.12. The highest BCUT2D eigenvalue weighted by atomic mass is 32.1. The summed E-state index contributed by atoms with van der Waals surface area (Å²) in [4.78, 5) is 37.9. The summed E-state index contributed by atoms with van der Waals surface area (Å²) in [5.74, 6) is 0.0356. The fourth-order valence-electron chi connectivity index (χ4n) is 2.83. The molecule has 1 aliphatic heterocycles. The maximum Gasteiger partial charge on any atom is 0.325 e. The third-order valence-corrected chi connectivity index (χ3v) is 5.48. The van der Waals surface area contributed by atoms with Gasteiger partial charge in [-0.25, -0.2) is 4.79 Å². The SMILES string of the molecule is CC(=O)c1ccc(OCC(O)CN2C(=O)NC(C)(c3cccs3)C2=O)cc1. The van der Waals surface area contributed by atoms with Gasteiger partial charge < -0.3 is 15.2 Å². The zero-order valence-corrected chi connectivity index (χ0v) is 15.8. The van der Waals surface area contributed by atoms with Crippen LogP contribution in [-0.2, 0) is 10.3 Å². The molecule has 2 aromatic rings. The smallest absolute Gasteiger partial charge is 0.325 e. The number of nitrogens with zero attached hydrogens (tertiary/aromatic N) is 1. The Morgan fingerprint density at radius 3 is 2.59 bits per heavy atom. The summed E-state index contributed by atoms with van der Waals surface area (Å²) in [6.07, 6.45) is -1.04. The van der Waals surface area contributed by atoms with Gasteiger partial charge in [0, 0.05) is 10.4 Å². The molecule has 0 spiro atoms. The van der Waals surface area contributed by atoms with Crippen LogP contribution in [0, 0.1) is 0 Å². The van der Waals surface area contributed by atoms with Gasteiger partial charge in [0.05, 0.1) is 6.54 Å². The fourth-order valence-corrected chi connectivity index (χ4v) is 3.67. The number of aliphatic hydroxyl groups is 1. The van der Waals surface area contributed by atoms with Gasteiger partial charge in [-0.3, -0.25) is 14.5 Å². The summed E-state index contributed by atoms with van der Waals surface area (Å²) < 4.78 is 5.48. The second-order valence-corrected chi connectivity index (χ2v) is 7.44. The van der Waals surface area contributed by atoms with Crippen LogP contribution in [-0.4, -0.2) is 47.0 Å². The Labute approximate surface area is 160 Å². The summed E-state index contributed by atoms with van der Waals surface area (Å²) in [5, 5.41) is 14.7. The number of hydrogen-bond acceptors (Lipinski definition) is 6. The van der Waals surface area contributed by atoms with Crippen LogP contribution < -0.4 is 10.1 Å². The van der Waals surface area contributed by atoms with E-state index in [4.69, 9.17) is 4.74 Å². The molecule has 2 unspecified atom stereocenters. The lowest BCUT2D eigenvalue weighted by Gasteiger charge is -2.21. The van der Waals surface area contributed by atoms with Crippen molar-refractivity contribution in [3.05, 3.63) is 52.2 Å². The molecule has 7 nitrogen and oxygen atoms in total. The van der Waals surface area contributed by atoms with Gasteiger partial charge in [-0.15, -0.1) is 11.3 Å². The molecule has 3 amide bonds. The Morgan fingerprint density at radius 2 is 2.00 bits per heavy atom. The molecule has 1 fully saturated rings. The predicted molar refractivity (Wildman–Crippen MR) is 99.9 cm³/mol. The highest BCUT2D eigenvalue weighted by molar-refractivity contribution is 7.10. The van der Waals surface area contributed by atoms with Crippen LogP contribution in [0.15, 0.2) is 41.8 Å². The van der Waals surface area contributed by atoms with Crippen LogP contribution in [0.4, 0.5) is 4.79 Å². The highest BCUT2D eigenvalue weighted by Crippen LogP contribution is 2.31. The van der Waals surface area contributed by atoms with Crippen molar-refractivity contribution in [3.8, 4) is 5.75 Å². The third kappa shape index (κ3) is 3.86. The molecule has 27 heavy (non-hydrogen) atoms. The first-order valence-electron chi connectivity index (χ1n) is 8.41. The highest BCUT2D eigenvalue weighted by Gasteiger charge is 2.49. The van der Waals surface area contributed by atoms with Crippen molar-refractivity contribution < 1.29 is 24.2 Å². The molecule has 1 aliphatic rings. The molecule has 3 rings (SSSR count). The van der Waals surface area contributed by atoms with E-state index in [1.807, 2.05) is 11.4 Å². The average molecular weight is 388 g/mol. The Hall–Kier alpha value is -2.71. The second kappa shape index (κ2) is 7.50. The van der Waals surface area contributed by atoms with Gasteiger partial charge >= 0.3 is 6.03 Å². The number of benzene rings is 1. The number of Topliss-reactive ketones (excluding diaryl/α,β-unsaturated/α-hetero) is 1. The van der Waals surface area contributed by atoms with E-state index in [-0.39, 0.29) is 18.9 Å². The zero-order chi connectivity index (χ0) is 19.6. The predicted octanol–water partition coefficient (Wildman–Crippen LogP) is 2.16. The monoisotopic (exact) mass is 388 g/mol. The maximum absolute atomic E-state index is 12.7. The molecular formula is C19H20N2O5S. The van der Waals surface area contributed by atoms with E-state index in [0.717, 1.165) is 9.78 Å². The Bertz CT molecular complexity index is 849. The van der Waals surface area contributed by atoms with Crippen molar-refractivity contribution in [2.24, 2.45) is 0 Å². The molecule has 8 heteroatoms. The quantitative estimate of drug-likeness (QED) is 0.560. The summed E-state index contributed by atoms with van der Waals surface area (Å²) in [6, 6.07) is 9.59. The molecular weight excluding hydrogens is 368 g/mol. The normalized spacial score (nSPS) is 20.5. The standard InChI is InChI=1S/C19H20N2O5S/c1-12(22)13-5-7-15(8-6-13)26-11-14(23)10-21-17(24)19(2,20-18(21)25)16-4-3-9-27-16/h3-9,14,23H,10-11H2,1-2H3,(H,20,25). The number of carbonyl (C=O) groups excluding carboxylic acids is 3. The van der Waals surface area contributed by atoms with Gasteiger partial charge in [0.25, 0.3) is 5.91 Å². The van der Waals surface area contributed by atoms with Crippen LogP contribution in [0.25, 0.3) is 0 Å². The number of ether oxygens (including phenoxy) is 1. The van der Waals surface area contributed by atoms with Gasteiger partial charge in [-0.2, -0.15) is 0 Å². The number of ketones is 1. The van der Waals surface area contributed by atoms with E-state index < -0.39 is 23.6 Å². The van der Waals surface area contributed by atoms with E-state index in [0.29, 0.717) is 11.3 Å². The van der Waals surface area contributed by atoms with Crippen molar-refractivity contribution in [2.45, 2.75) is 25.5 Å². The van der Waals surface area contributed by atoms with Crippen molar-refractivity contribution in [1.29, 1.82) is 0 Å². The Morgan fingerprint density at radius 1 is 1.30 bits per heavy atom. The number of rotatable bonds is 7. The number of thiophene rings is 1. The number of carbonyl (C=O) groups is 3. The first-order chi connectivity index (χ1) is 12.8. The lowest BCUT2D eigenvalue weighted by molar-refractivity contribution is -0.132. The number of β-amino-alcohol motifs (C(OH)–C–C–N with tert-alkyl or cyclic N) is 1. The molecule has 1 aromatic heterocycles. The Kier molecular flexibility index (Phi) is 5.29. The molecule has 2 heterocycles. The molecule has 2 atom stereocenters.